The van der Waals surface area contributed by atoms with Crippen LogP contribution in [0.3, 0.4) is 0 Å². The van der Waals surface area contributed by atoms with E-state index >= 15 is 0 Å². The number of benzene rings is 1. The maximum absolute atomic E-state index is 13.1. The fourth-order valence-corrected chi connectivity index (χ4v) is 3.23. The molecule has 1 aromatic carbocycles. The van der Waals surface area contributed by atoms with Crippen LogP contribution in [0.15, 0.2) is 24.3 Å². The highest BCUT2D eigenvalue weighted by Gasteiger charge is 2.27. The molecule has 0 radical (unpaired) electrons. The van der Waals surface area contributed by atoms with E-state index in [4.69, 9.17) is 0 Å². The fourth-order valence-electron chi connectivity index (χ4n) is 3.23. The molecule has 6 nitrogen and oxygen atoms in total. The number of nitrogens with one attached hydrogen (secondary N) is 1. The molecule has 1 aliphatic heterocycles. The Kier molecular flexibility index (Phi) is 5.35. The number of carbonyl (C=O) groups excluding carboxylic acids is 2. The van der Waals surface area contributed by atoms with Gasteiger partial charge in [0.2, 0.25) is 5.91 Å². The number of hydrogen-bond acceptors (Lipinski definition) is 3. The van der Waals surface area contributed by atoms with E-state index in [-0.39, 0.29) is 17.6 Å². The normalized spacial score (nSPS) is 13.4. The van der Waals surface area contributed by atoms with Crippen LogP contribution in [0.4, 0.5) is 4.39 Å². The number of amides is 2. The molecule has 26 heavy (non-hydrogen) atoms. The van der Waals surface area contributed by atoms with Crippen molar-refractivity contribution in [2.45, 2.75) is 46.3 Å². The van der Waals surface area contributed by atoms with Crippen molar-refractivity contribution in [3.63, 3.8) is 0 Å². The molecule has 7 heteroatoms. The molecular formula is C19H23FN4O2. The van der Waals surface area contributed by atoms with Crippen LogP contribution in [0.1, 0.15) is 47.8 Å². The van der Waals surface area contributed by atoms with Crippen LogP contribution >= 0.6 is 0 Å². The van der Waals surface area contributed by atoms with E-state index in [1.165, 1.54) is 24.3 Å². The number of hydrogen-bond donors (Lipinski definition) is 1. The van der Waals surface area contributed by atoms with E-state index in [0.717, 1.165) is 23.8 Å². The monoisotopic (exact) mass is 358 g/mol. The second-order valence-electron chi connectivity index (χ2n) is 6.28. The van der Waals surface area contributed by atoms with Gasteiger partial charge in [-0.05, 0) is 31.2 Å². The summed E-state index contributed by atoms with van der Waals surface area (Å²) in [6.07, 6.45) is 1.11. The predicted molar refractivity (Wildman–Crippen MR) is 94.9 cm³/mol. The Hall–Kier alpha value is -2.70. The molecule has 0 fully saturated rings. The zero-order valence-corrected chi connectivity index (χ0v) is 15.1. The van der Waals surface area contributed by atoms with Crippen LogP contribution < -0.4 is 5.32 Å². The number of fused-ring (bicyclic) bond motifs is 1. The van der Waals surface area contributed by atoms with Crippen LogP contribution in [0.2, 0.25) is 0 Å². The van der Waals surface area contributed by atoms with Gasteiger partial charge in [-0.2, -0.15) is 0 Å². The number of rotatable bonds is 5. The second kappa shape index (κ2) is 7.68. The highest BCUT2D eigenvalue weighted by atomic mass is 19.1. The molecule has 2 heterocycles. The molecule has 138 valence electrons. The van der Waals surface area contributed by atoms with E-state index in [0.29, 0.717) is 38.0 Å². The van der Waals surface area contributed by atoms with E-state index in [2.05, 4.69) is 14.9 Å². The SMILES string of the molecule is CCC(=O)NCc1nc2c(n1CC)CN(C(=O)c1ccc(F)cc1)CC2. The molecule has 0 spiro atoms. The zero-order valence-electron chi connectivity index (χ0n) is 15.1. The quantitative estimate of drug-likeness (QED) is 0.892. The minimum Gasteiger partial charge on any atom is -0.349 e. The highest BCUT2D eigenvalue weighted by Crippen LogP contribution is 2.22. The topological polar surface area (TPSA) is 67.2 Å². The Bertz CT molecular complexity index is 814. The summed E-state index contributed by atoms with van der Waals surface area (Å²) in [4.78, 5) is 30.6. The number of aromatic nitrogens is 2. The molecule has 0 saturated heterocycles. The first-order valence-corrected chi connectivity index (χ1v) is 8.92. The van der Waals surface area contributed by atoms with E-state index in [9.17, 15) is 14.0 Å². The summed E-state index contributed by atoms with van der Waals surface area (Å²) in [5.41, 5.74) is 2.47. The minimum atomic E-state index is -0.356. The molecule has 2 aromatic rings. The van der Waals surface area contributed by atoms with Gasteiger partial charge in [-0.15, -0.1) is 0 Å². The largest absolute Gasteiger partial charge is 0.349 e. The summed E-state index contributed by atoms with van der Waals surface area (Å²) in [6.45, 7) is 5.98. The van der Waals surface area contributed by atoms with Crippen molar-refractivity contribution in [3.8, 4) is 0 Å². The number of nitrogens with zero attached hydrogens (tertiary/aromatic N) is 3. The number of imidazole rings is 1. The maximum atomic E-state index is 13.1. The molecule has 0 saturated carbocycles. The van der Waals surface area contributed by atoms with Crippen LogP contribution in [-0.4, -0.2) is 32.8 Å². The van der Waals surface area contributed by atoms with Gasteiger partial charge in [0.1, 0.15) is 11.6 Å². The third-order valence-corrected chi connectivity index (χ3v) is 4.65. The summed E-state index contributed by atoms with van der Waals surface area (Å²) in [6, 6.07) is 5.62. The highest BCUT2D eigenvalue weighted by molar-refractivity contribution is 5.94. The van der Waals surface area contributed by atoms with Crippen LogP contribution in [0, 0.1) is 5.82 Å². The Balaban J connectivity index is 1.78. The predicted octanol–water partition coefficient (Wildman–Crippen LogP) is 2.27. The second-order valence-corrected chi connectivity index (χ2v) is 6.28. The first-order chi connectivity index (χ1) is 12.5. The van der Waals surface area contributed by atoms with Crippen molar-refractivity contribution >= 4 is 11.8 Å². The van der Waals surface area contributed by atoms with Gasteiger partial charge < -0.3 is 14.8 Å². The summed E-state index contributed by atoms with van der Waals surface area (Å²) in [5, 5.41) is 2.86. The molecule has 3 rings (SSSR count). The fraction of sp³-hybridized carbons (Fsp3) is 0.421. The first kappa shape index (κ1) is 18.1. The van der Waals surface area contributed by atoms with Crippen molar-refractivity contribution in [2.75, 3.05) is 6.54 Å². The molecule has 0 unspecified atom stereocenters. The van der Waals surface area contributed by atoms with Crippen LogP contribution in [0.5, 0.6) is 0 Å². The molecular weight excluding hydrogens is 335 g/mol. The molecule has 1 aromatic heterocycles. The van der Waals surface area contributed by atoms with Gasteiger partial charge >= 0.3 is 0 Å². The zero-order chi connectivity index (χ0) is 18.7. The van der Waals surface area contributed by atoms with Crippen molar-refractivity contribution in [3.05, 3.63) is 52.9 Å². The molecule has 2 amide bonds. The molecule has 1 aliphatic rings. The smallest absolute Gasteiger partial charge is 0.254 e. The van der Waals surface area contributed by atoms with Crippen molar-refractivity contribution < 1.29 is 14.0 Å². The molecule has 1 N–H and O–H groups in total. The Morgan fingerprint density at radius 3 is 2.62 bits per heavy atom. The number of halogens is 1. The molecule has 0 bridgehead atoms. The van der Waals surface area contributed by atoms with Crippen molar-refractivity contribution in [1.29, 1.82) is 0 Å². The Morgan fingerprint density at radius 2 is 1.96 bits per heavy atom. The minimum absolute atomic E-state index is 0.0123. The van der Waals surface area contributed by atoms with Crippen molar-refractivity contribution in [1.82, 2.24) is 19.8 Å². The Morgan fingerprint density at radius 1 is 1.23 bits per heavy atom. The van der Waals surface area contributed by atoms with E-state index in [1.54, 1.807) is 4.90 Å². The lowest BCUT2D eigenvalue weighted by molar-refractivity contribution is -0.120. The molecule has 0 aliphatic carbocycles. The van der Waals surface area contributed by atoms with Gasteiger partial charge in [0.05, 0.1) is 24.5 Å². The standard InChI is InChI=1S/C19H23FN4O2/c1-3-18(25)21-11-17-22-15-9-10-23(12-16(15)24(17)4-2)19(26)13-5-7-14(20)8-6-13/h5-8H,3-4,9-12H2,1-2H3,(H,21,25). The lowest BCUT2D eigenvalue weighted by atomic mass is 10.1. The summed E-state index contributed by atoms with van der Waals surface area (Å²) >= 11 is 0. The van der Waals surface area contributed by atoms with E-state index in [1.807, 2.05) is 13.8 Å². The van der Waals surface area contributed by atoms with Gasteiger partial charge in [-0.25, -0.2) is 9.37 Å². The van der Waals surface area contributed by atoms with E-state index < -0.39 is 0 Å². The van der Waals surface area contributed by atoms with Crippen LogP contribution in [-0.2, 0) is 30.8 Å². The van der Waals surface area contributed by atoms with Gasteiger partial charge in [-0.1, -0.05) is 6.92 Å². The maximum Gasteiger partial charge on any atom is 0.254 e. The summed E-state index contributed by atoms with van der Waals surface area (Å²) in [5.74, 6) is 0.336. The lowest BCUT2D eigenvalue weighted by Gasteiger charge is -2.27. The third-order valence-electron chi connectivity index (χ3n) is 4.65. The summed E-state index contributed by atoms with van der Waals surface area (Å²) in [7, 11) is 0. The first-order valence-electron chi connectivity index (χ1n) is 8.92. The summed E-state index contributed by atoms with van der Waals surface area (Å²) < 4.78 is 15.1. The number of carbonyl (C=O) groups is 2. The van der Waals surface area contributed by atoms with Gasteiger partial charge in [0, 0.05) is 31.5 Å². The van der Waals surface area contributed by atoms with Crippen LogP contribution in [0.25, 0.3) is 0 Å². The third kappa shape index (κ3) is 3.61. The average molecular weight is 358 g/mol. The van der Waals surface area contributed by atoms with Gasteiger partial charge in [-0.3, -0.25) is 9.59 Å². The van der Waals surface area contributed by atoms with Crippen molar-refractivity contribution in [2.24, 2.45) is 0 Å². The lowest BCUT2D eigenvalue weighted by Crippen LogP contribution is -2.36. The average Bonchev–Trinajstić information content (AvgIpc) is 3.02. The molecule has 0 atom stereocenters. The van der Waals surface area contributed by atoms with Gasteiger partial charge in [0.15, 0.2) is 0 Å². The van der Waals surface area contributed by atoms with Gasteiger partial charge in [0.25, 0.3) is 5.91 Å². The Labute approximate surface area is 152 Å².